The largest absolute Gasteiger partial charge is 0.389 e. The molecule has 0 aliphatic carbocycles. The molecule has 2 aromatic rings. The maximum absolute atomic E-state index is 13.2. The van der Waals surface area contributed by atoms with E-state index in [2.05, 4.69) is 28.0 Å². The smallest absolute Gasteiger partial charge is 0.124 e. The van der Waals surface area contributed by atoms with Crippen LogP contribution in [0.3, 0.4) is 0 Å². The molecule has 21 heavy (non-hydrogen) atoms. The molecule has 1 N–H and O–H groups in total. The second-order valence-corrected chi connectivity index (χ2v) is 5.94. The number of rotatable bonds is 5. The molecule has 0 radical (unpaired) electrons. The van der Waals surface area contributed by atoms with Crippen molar-refractivity contribution in [3.05, 3.63) is 51.0 Å². The maximum Gasteiger partial charge on any atom is 0.124 e. The molecule has 0 aliphatic heterocycles. The second-order valence-electron chi connectivity index (χ2n) is 5.08. The molecule has 0 saturated heterocycles. The highest BCUT2D eigenvalue weighted by Crippen LogP contribution is 2.26. The van der Waals surface area contributed by atoms with Gasteiger partial charge in [0, 0.05) is 15.7 Å². The average Bonchev–Trinajstić information content (AvgIpc) is 2.79. The molecule has 0 aliphatic rings. The number of hydrogen-bond acceptors (Lipinski definition) is 2. The van der Waals surface area contributed by atoms with Crippen LogP contribution < -0.4 is 0 Å². The Morgan fingerprint density at radius 1 is 1.33 bits per heavy atom. The van der Waals surface area contributed by atoms with Gasteiger partial charge in [-0.3, -0.25) is 4.68 Å². The van der Waals surface area contributed by atoms with Crippen LogP contribution in [0.4, 0.5) is 4.39 Å². The summed E-state index contributed by atoms with van der Waals surface area (Å²) in [7, 11) is 0. The predicted molar refractivity (Wildman–Crippen MR) is 84.8 cm³/mol. The first-order valence-electron chi connectivity index (χ1n) is 7.18. The molecule has 1 atom stereocenters. The maximum atomic E-state index is 13.2. The third-order valence-electron chi connectivity index (χ3n) is 3.60. The molecule has 1 aromatic carbocycles. The van der Waals surface area contributed by atoms with E-state index in [1.807, 2.05) is 11.6 Å². The van der Waals surface area contributed by atoms with Gasteiger partial charge in [0.1, 0.15) is 5.82 Å². The number of aliphatic hydroxyl groups excluding tert-OH is 1. The van der Waals surface area contributed by atoms with Gasteiger partial charge in [-0.2, -0.15) is 5.10 Å². The Kier molecular flexibility index (Phi) is 5.17. The van der Waals surface area contributed by atoms with Gasteiger partial charge in [0.15, 0.2) is 0 Å². The van der Waals surface area contributed by atoms with Gasteiger partial charge in [-0.1, -0.05) is 35.8 Å². The zero-order valence-electron chi connectivity index (χ0n) is 12.5. The van der Waals surface area contributed by atoms with E-state index in [1.165, 1.54) is 12.1 Å². The van der Waals surface area contributed by atoms with Crippen LogP contribution >= 0.6 is 15.9 Å². The van der Waals surface area contributed by atoms with Crippen LogP contribution in [0.25, 0.3) is 0 Å². The van der Waals surface area contributed by atoms with Crippen LogP contribution in [0.5, 0.6) is 0 Å². The highest BCUT2D eigenvalue weighted by molar-refractivity contribution is 9.10. The van der Waals surface area contributed by atoms with Crippen molar-refractivity contribution in [1.82, 2.24) is 9.78 Å². The number of aryl methyl sites for hydroxylation is 1. The van der Waals surface area contributed by atoms with Gasteiger partial charge in [-0.15, -0.1) is 0 Å². The van der Waals surface area contributed by atoms with Crippen LogP contribution in [0, 0.1) is 5.82 Å². The van der Waals surface area contributed by atoms with Crippen molar-refractivity contribution in [2.24, 2.45) is 0 Å². The Labute approximate surface area is 132 Å². The van der Waals surface area contributed by atoms with Gasteiger partial charge in [-0.25, -0.2) is 4.39 Å². The zero-order valence-corrected chi connectivity index (χ0v) is 14.1. The normalized spacial score (nSPS) is 12.7. The third-order valence-corrected chi connectivity index (χ3v) is 4.34. The van der Waals surface area contributed by atoms with Crippen LogP contribution in [0.1, 0.15) is 49.4 Å². The number of benzene rings is 1. The summed E-state index contributed by atoms with van der Waals surface area (Å²) in [5.74, 6) is -0.263. The Morgan fingerprint density at radius 3 is 2.57 bits per heavy atom. The Balaban J connectivity index is 2.44. The quantitative estimate of drug-likeness (QED) is 0.880. The van der Waals surface area contributed by atoms with Crippen molar-refractivity contribution < 1.29 is 9.50 Å². The minimum Gasteiger partial charge on any atom is -0.389 e. The van der Waals surface area contributed by atoms with E-state index in [9.17, 15) is 9.50 Å². The van der Waals surface area contributed by atoms with E-state index in [-0.39, 0.29) is 5.82 Å². The fourth-order valence-electron chi connectivity index (χ4n) is 2.62. The van der Waals surface area contributed by atoms with E-state index in [0.29, 0.717) is 6.54 Å². The molecule has 114 valence electrons. The molecular weight excluding hydrogens is 335 g/mol. The van der Waals surface area contributed by atoms with Crippen molar-refractivity contribution in [1.29, 1.82) is 0 Å². The second kappa shape index (κ2) is 6.71. The van der Waals surface area contributed by atoms with Crippen LogP contribution in [0.15, 0.2) is 22.7 Å². The summed E-state index contributed by atoms with van der Waals surface area (Å²) in [5.41, 5.74) is 3.87. The van der Waals surface area contributed by atoms with Crippen LogP contribution in [0.2, 0.25) is 0 Å². The van der Waals surface area contributed by atoms with Crippen molar-refractivity contribution in [2.75, 3.05) is 0 Å². The molecule has 1 aromatic heterocycles. The molecule has 1 unspecified atom stereocenters. The van der Waals surface area contributed by atoms with Gasteiger partial charge >= 0.3 is 0 Å². The van der Waals surface area contributed by atoms with Crippen molar-refractivity contribution >= 4 is 15.9 Å². The molecule has 0 amide bonds. The number of aromatic nitrogens is 2. The van der Waals surface area contributed by atoms with Gasteiger partial charge in [0.05, 0.1) is 18.3 Å². The average molecular weight is 355 g/mol. The first-order chi connectivity index (χ1) is 9.97. The third kappa shape index (κ3) is 3.35. The number of aliphatic hydroxyl groups is 1. The molecule has 5 heteroatoms. The first kappa shape index (κ1) is 16.2. The summed E-state index contributed by atoms with van der Waals surface area (Å²) < 4.78 is 15.8. The SMILES string of the molecule is CCc1nn(Cc2ccc(F)cc2Br)c(CC)c1C(C)O. The zero-order chi connectivity index (χ0) is 15.6. The highest BCUT2D eigenvalue weighted by atomic mass is 79.9. The van der Waals surface area contributed by atoms with E-state index in [0.717, 1.165) is 39.8 Å². The summed E-state index contributed by atoms with van der Waals surface area (Å²) >= 11 is 3.39. The summed E-state index contributed by atoms with van der Waals surface area (Å²) in [5, 5.41) is 14.6. The molecule has 3 nitrogen and oxygen atoms in total. The molecule has 0 saturated carbocycles. The van der Waals surface area contributed by atoms with E-state index in [4.69, 9.17) is 0 Å². The van der Waals surface area contributed by atoms with E-state index in [1.54, 1.807) is 13.0 Å². The van der Waals surface area contributed by atoms with E-state index < -0.39 is 6.10 Å². The summed E-state index contributed by atoms with van der Waals surface area (Å²) in [6, 6.07) is 4.67. The lowest BCUT2D eigenvalue weighted by Crippen LogP contribution is -2.08. The molecule has 2 rings (SSSR count). The fraction of sp³-hybridized carbons (Fsp3) is 0.438. The van der Waals surface area contributed by atoms with Gasteiger partial charge in [0.2, 0.25) is 0 Å². The number of halogens is 2. The minimum atomic E-state index is -0.527. The van der Waals surface area contributed by atoms with Crippen molar-refractivity contribution in [3.63, 3.8) is 0 Å². The Bertz CT molecular complexity index is 637. The number of nitrogens with zero attached hydrogens (tertiary/aromatic N) is 2. The molecule has 0 fully saturated rings. The van der Waals surface area contributed by atoms with Gasteiger partial charge in [-0.05, 0) is 37.5 Å². The van der Waals surface area contributed by atoms with Crippen molar-refractivity contribution in [2.45, 2.75) is 46.3 Å². The summed E-state index contributed by atoms with van der Waals surface area (Å²) in [6.07, 6.45) is 1.05. The fourth-order valence-corrected chi connectivity index (χ4v) is 3.10. The molecule has 0 bridgehead atoms. The Morgan fingerprint density at radius 2 is 2.05 bits per heavy atom. The molecule has 1 heterocycles. The predicted octanol–water partition coefficient (Wildman–Crippen LogP) is 4.01. The topological polar surface area (TPSA) is 38.0 Å². The highest BCUT2D eigenvalue weighted by Gasteiger charge is 2.19. The molecular formula is C16H20BrFN2O. The van der Waals surface area contributed by atoms with Gasteiger partial charge in [0.25, 0.3) is 0 Å². The lowest BCUT2D eigenvalue weighted by Gasteiger charge is -2.11. The molecule has 0 spiro atoms. The first-order valence-corrected chi connectivity index (χ1v) is 7.97. The number of hydrogen-bond donors (Lipinski definition) is 1. The minimum absolute atomic E-state index is 0.263. The van der Waals surface area contributed by atoms with Crippen molar-refractivity contribution in [3.8, 4) is 0 Å². The van der Waals surface area contributed by atoms with Crippen LogP contribution in [-0.2, 0) is 19.4 Å². The lowest BCUT2D eigenvalue weighted by atomic mass is 10.0. The Hall–Kier alpha value is -1.20. The van der Waals surface area contributed by atoms with Crippen LogP contribution in [-0.4, -0.2) is 14.9 Å². The summed E-state index contributed by atoms with van der Waals surface area (Å²) in [4.78, 5) is 0. The standard InChI is InChI=1S/C16H20BrFN2O/c1-4-14-16(10(3)21)15(5-2)20(19-14)9-11-6-7-12(18)8-13(11)17/h6-8,10,21H,4-5,9H2,1-3H3. The summed E-state index contributed by atoms with van der Waals surface area (Å²) in [6.45, 7) is 6.42. The monoisotopic (exact) mass is 354 g/mol. The van der Waals surface area contributed by atoms with Gasteiger partial charge < -0.3 is 5.11 Å². The lowest BCUT2D eigenvalue weighted by molar-refractivity contribution is 0.197. The van der Waals surface area contributed by atoms with E-state index >= 15 is 0 Å².